The summed E-state index contributed by atoms with van der Waals surface area (Å²) in [5.41, 5.74) is 0.954. The lowest BCUT2D eigenvalue weighted by Crippen LogP contribution is -2.52. The number of carbonyl (C=O) groups excluding carboxylic acids is 1. The number of likely N-dealkylation sites (N-methyl/N-ethyl adjacent to an activating group) is 1. The van der Waals surface area contributed by atoms with Gasteiger partial charge in [-0.25, -0.2) is 0 Å². The fourth-order valence-corrected chi connectivity index (χ4v) is 3.49. The first-order valence-electron chi connectivity index (χ1n) is 8.02. The lowest BCUT2D eigenvalue weighted by atomic mass is 9.80. The minimum atomic E-state index is -0.140. The van der Waals surface area contributed by atoms with Gasteiger partial charge in [-0.2, -0.15) is 0 Å². The van der Waals surface area contributed by atoms with Crippen LogP contribution < -0.4 is 15.4 Å². The van der Waals surface area contributed by atoms with Crippen LogP contribution in [0.5, 0.6) is 5.75 Å². The summed E-state index contributed by atoms with van der Waals surface area (Å²) >= 11 is 0. The SMILES string of the molecule is CNCC(=O)NC1CC2(CCN(C)CC2)Oc2ccccc21. The highest BCUT2D eigenvalue weighted by atomic mass is 16.5. The van der Waals surface area contributed by atoms with Gasteiger partial charge in [0.25, 0.3) is 0 Å². The van der Waals surface area contributed by atoms with E-state index < -0.39 is 0 Å². The first-order valence-corrected chi connectivity index (χ1v) is 8.02. The first-order chi connectivity index (χ1) is 10.6. The monoisotopic (exact) mass is 303 g/mol. The molecule has 2 aliphatic heterocycles. The van der Waals surface area contributed by atoms with Crippen LogP contribution in [-0.2, 0) is 4.79 Å². The molecule has 5 nitrogen and oxygen atoms in total. The molecule has 0 bridgehead atoms. The second-order valence-corrected chi connectivity index (χ2v) is 6.48. The predicted octanol–water partition coefficient (Wildman–Crippen LogP) is 1.31. The first kappa shape index (κ1) is 15.3. The highest BCUT2D eigenvalue weighted by Crippen LogP contribution is 2.43. The number of nitrogens with zero attached hydrogens (tertiary/aromatic N) is 1. The maximum absolute atomic E-state index is 12.0. The van der Waals surface area contributed by atoms with Crippen molar-refractivity contribution in [1.29, 1.82) is 0 Å². The van der Waals surface area contributed by atoms with E-state index in [4.69, 9.17) is 4.74 Å². The Hall–Kier alpha value is -1.59. The Morgan fingerprint density at radius 1 is 1.36 bits per heavy atom. The van der Waals surface area contributed by atoms with E-state index in [0.29, 0.717) is 6.54 Å². The van der Waals surface area contributed by atoms with Gasteiger partial charge in [0.2, 0.25) is 5.91 Å². The lowest BCUT2D eigenvalue weighted by molar-refractivity contribution is -0.121. The van der Waals surface area contributed by atoms with E-state index in [9.17, 15) is 4.79 Å². The van der Waals surface area contributed by atoms with Gasteiger partial charge in [-0.1, -0.05) is 18.2 Å². The Balaban J connectivity index is 1.83. The van der Waals surface area contributed by atoms with Crippen molar-refractivity contribution in [3.8, 4) is 5.75 Å². The fraction of sp³-hybridized carbons (Fsp3) is 0.588. The van der Waals surface area contributed by atoms with Crippen molar-refractivity contribution in [1.82, 2.24) is 15.5 Å². The van der Waals surface area contributed by atoms with Crippen LogP contribution in [0.4, 0.5) is 0 Å². The largest absolute Gasteiger partial charge is 0.487 e. The maximum atomic E-state index is 12.0. The van der Waals surface area contributed by atoms with Crippen molar-refractivity contribution < 1.29 is 9.53 Å². The number of hydrogen-bond acceptors (Lipinski definition) is 4. The second-order valence-electron chi connectivity index (χ2n) is 6.48. The minimum absolute atomic E-state index is 0.0345. The molecule has 1 saturated heterocycles. The summed E-state index contributed by atoms with van der Waals surface area (Å²) < 4.78 is 6.39. The zero-order valence-electron chi connectivity index (χ0n) is 13.4. The highest BCUT2D eigenvalue weighted by Gasteiger charge is 2.43. The summed E-state index contributed by atoms with van der Waals surface area (Å²) in [4.78, 5) is 14.4. The van der Waals surface area contributed by atoms with Gasteiger partial charge in [-0.3, -0.25) is 4.79 Å². The van der Waals surface area contributed by atoms with Gasteiger partial charge in [-0.15, -0.1) is 0 Å². The number of ether oxygens (including phenoxy) is 1. The van der Waals surface area contributed by atoms with Gasteiger partial charge in [-0.05, 0) is 33.0 Å². The Morgan fingerprint density at radius 3 is 2.82 bits per heavy atom. The third kappa shape index (κ3) is 3.10. The van der Waals surface area contributed by atoms with Crippen LogP contribution >= 0.6 is 0 Å². The molecule has 0 saturated carbocycles. The summed E-state index contributed by atoms with van der Waals surface area (Å²) in [6.45, 7) is 2.42. The van der Waals surface area contributed by atoms with Gasteiger partial charge in [0, 0.05) is 25.1 Å². The average molecular weight is 303 g/mol. The van der Waals surface area contributed by atoms with Crippen molar-refractivity contribution in [2.75, 3.05) is 33.7 Å². The Labute approximate surface area is 132 Å². The zero-order valence-corrected chi connectivity index (χ0v) is 13.4. The number of nitrogens with one attached hydrogen (secondary N) is 2. The molecule has 1 fully saturated rings. The van der Waals surface area contributed by atoms with Crippen molar-refractivity contribution in [3.63, 3.8) is 0 Å². The van der Waals surface area contributed by atoms with Gasteiger partial charge in [0.15, 0.2) is 0 Å². The molecule has 1 aromatic carbocycles. The third-order valence-corrected chi connectivity index (χ3v) is 4.77. The topological polar surface area (TPSA) is 53.6 Å². The van der Waals surface area contributed by atoms with Crippen LogP contribution in [0.15, 0.2) is 24.3 Å². The number of benzene rings is 1. The number of hydrogen-bond donors (Lipinski definition) is 2. The van der Waals surface area contributed by atoms with E-state index in [1.807, 2.05) is 18.2 Å². The van der Waals surface area contributed by atoms with Crippen LogP contribution in [-0.4, -0.2) is 50.1 Å². The van der Waals surface area contributed by atoms with Gasteiger partial charge in [0.05, 0.1) is 12.6 Å². The molecule has 1 amide bonds. The van der Waals surface area contributed by atoms with Crippen LogP contribution in [0.25, 0.3) is 0 Å². The quantitative estimate of drug-likeness (QED) is 0.884. The summed E-state index contributed by atoms with van der Waals surface area (Å²) in [5.74, 6) is 0.959. The van der Waals surface area contributed by atoms with E-state index in [1.54, 1.807) is 7.05 Å². The number of carbonyl (C=O) groups is 1. The Kier molecular flexibility index (Phi) is 4.36. The Bertz CT molecular complexity index is 538. The number of amides is 1. The molecule has 1 unspecified atom stereocenters. The van der Waals surface area contributed by atoms with Crippen molar-refractivity contribution in [3.05, 3.63) is 29.8 Å². The van der Waals surface area contributed by atoms with Crippen LogP contribution in [0.3, 0.4) is 0 Å². The summed E-state index contributed by atoms with van der Waals surface area (Å²) in [6.07, 6.45) is 2.87. The number of piperidine rings is 1. The smallest absolute Gasteiger partial charge is 0.234 e. The number of para-hydroxylation sites is 1. The molecule has 1 spiro atoms. The molecule has 1 aromatic rings. The Morgan fingerprint density at radius 2 is 2.09 bits per heavy atom. The van der Waals surface area contributed by atoms with Crippen LogP contribution in [0.2, 0.25) is 0 Å². The van der Waals surface area contributed by atoms with Gasteiger partial charge >= 0.3 is 0 Å². The second kappa shape index (κ2) is 6.26. The molecule has 0 aliphatic carbocycles. The van der Waals surface area contributed by atoms with Gasteiger partial charge < -0.3 is 20.3 Å². The highest BCUT2D eigenvalue weighted by molar-refractivity contribution is 5.78. The molecule has 2 heterocycles. The van der Waals surface area contributed by atoms with E-state index in [1.165, 1.54) is 0 Å². The summed E-state index contributed by atoms with van der Waals surface area (Å²) in [6, 6.07) is 8.12. The standard InChI is InChI=1S/C17H25N3O2/c1-18-12-16(21)19-14-11-17(7-9-20(2)10-8-17)22-15-6-4-3-5-13(14)15/h3-6,14,18H,7-12H2,1-2H3,(H,19,21). The molecule has 22 heavy (non-hydrogen) atoms. The third-order valence-electron chi connectivity index (χ3n) is 4.77. The molecule has 3 rings (SSSR count). The molecular formula is C17H25N3O2. The molecule has 2 aliphatic rings. The zero-order chi connectivity index (χ0) is 15.6. The average Bonchev–Trinajstić information content (AvgIpc) is 2.51. The molecule has 2 N–H and O–H groups in total. The fourth-order valence-electron chi connectivity index (χ4n) is 3.49. The molecule has 1 atom stereocenters. The van der Waals surface area contributed by atoms with Crippen LogP contribution in [0.1, 0.15) is 30.9 Å². The summed E-state index contributed by atoms with van der Waals surface area (Å²) in [7, 11) is 3.94. The van der Waals surface area contributed by atoms with Crippen molar-refractivity contribution >= 4 is 5.91 Å². The van der Waals surface area contributed by atoms with E-state index in [-0.39, 0.29) is 17.6 Å². The lowest BCUT2D eigenvalue weighted by Gasteiger charge is -2.46. The number of likely N-dealkylation sites (tertiary alicyclic amines) is 1. The van der Waals surface area contributed by atoms with E-state index >= 15 is 0 Å². The van der Waals surface area contributed by atoms with Crippen molar-refractivity contribution in [2.24, 2.45) is 0 Å². The van der Waals surface area contributed by atoms with E-state index in [2.05, 4.69) is 28.6 Å². The van der Waals surface area contributed by atoms with Crippen molar-refractivity contribution in [2.45, 2.75) is 30.9 Å². The number of rotatable bonds is 3. The van der Waals surface area contributed by atoms with E-state index in [0.717, 1.165) is 43.7 Å². The van der Waals surface area contributed by atoms with Crippen LogP contribution in [0, 0.1) is 0 Å². The number of fused-ring (bicyclic) bond motifs is 1. The molecule has 0 aromatic heterocycles. The maximum Gasteiger partial charge on any atom is 0.234 e. The minimum Gasteiger partial charge on any atom is -0.487 e. The van der Waals surface area contributed by atoms with Gasteiger partial charge in [0.1, 0.15) is 11.4 Å². The molecule has 120 valence electrons. The molecule has 0 radical (unpaired) electrons. The molecule has 5 heteroatoms. The summed E-state index contributed by atoms with van der Waals surface area (Å²) in [5, 5.41) is 6.07. The molecular weight excluding hydrogens is 278 g/mol. The normalized spacial score (nSPS) is 23.6. The predicted molar refractivity (Wildman–Crippen MR) is 86.0 cm³/mol.